The molecular weight excluding hydrogens is 300 g/mol. The van der Waals surface area contributed by atoms with Gasteiger partial charge in [0, 0.05) is 26.8 Å². The molecule has 0 aromatic carbocycles. The van der Waals surface area contributed by atoms with E-state index in [1.165, 1.54) is 23.9 Å². The molecule has 0 N–H and O–H groups in total. The van der Waals surface area contributed by atoms with Crippen molar-refractivity contribution in [3.8, 4) is 0 Å². The number of hydrogen-bond donors (Lipinski definition) is 0. The number of hydrogen-bond acceptors (Lipinski definition) is 5. The number of amides is 1. The maximum Gasteiger partial charge on any atom is 0.332 e. The molecule has 0 saturated carbocycles. The van der Waals surface area contributed by atoms with Gasteiger partial charge in [-0.15, -0.1) is 0 Å². The first-order valence-corrected chi connectivity index (χ1v) is 7.36. The van der Waals surface area contributed by atoms with E-state index in [2.05, 4.69) is 4.98 Å². The van der Waals surface area contributed by atoms with E-state index < -0.39 is 11.2 Å². The molecule has 1 aliphatic rings. The molecule has 3 heterocycles. The minimum Gasteiger partial charge on any atom is -0.377 e. The zero-order valence-corrected chi connectivity index (χ0v) is 13.3. The molecule has 2 aromatic heterocycles. The molecule has 23 heavy (non-hydrogen) atoms. The number of fused-ring (bicyclic) bond motifs is 1. The lowest BCUT2D eigenvalue weighted by Gasteiger charge is -2.33. The molecule has 1 saturated heterocycles. The van der Waals surface area contributed by atoms with Gasteiger partial charge >= 0.3 is 5.69 Å². The Balaban J connectivity index is 2.12. The maximum atomic E-state index is 12.7. The standard InChI is InChI=1S/C15H18N4O4/c1-9-8-23-5-4-19(9)13(20)10-6-11-12(16-7-10)17(2)15(22)18(3)14(11)21/h6-7,9H,4-5,8H2,1-3H3/t9-/m1/s1. The molecule has 0 radical (unpaired) electrons. The van der Waals surface area contributed by atoms with Crippen LogP contribution in [0.1, 0.15) is 17.3 Å². The van der Waals surface area contributed by atoms with Crippen molar-refractivity contribution in [3.05, 3.63) is 38.7 Å². The zero-order chi connectivity index (χ0) is 16.7. The number of carbonyl (C=O) groups is 1. The van der Waals surface area contributed by atoms with Gasteiger partial charge in [-0.25, -0.2) is 9.78 Å². The second kappa shape index (κ2) is 5.62. The van der Waals surface area contributed by atoms with Gasteiger partial charge in [0.15, 0.2) is 0 Å². The normalized spacial score (nSPS) is 18.4. The summed E-state index contributed by atoms with van der Waals surface area (Å²) >= 11 is 0. The van der Waals surface area contributed by atoms with Crippen LogP contribution in [0.3, 0.4) is 0 Å². The molecule has 1 fully saturated rings. The summed E-state index contributed by atoms with van der Waals surface area (Å²) in [5, 5.41) is 0.251. The Bertz CT molecular complexity index is 899. The molecule has 0 bridgehead atoms. The number of aryl methyl sites for hydroxylation is 1. The Hall–Kier alpha value is -2.48. The summed E-state index contributed by atoms with van der Waals surface area (Å²) < 4.78 is 7.63. The van der Waals surface area contributed by atoms with Crippen LogP contribution in [0.15, 0.2) is 21.9 Å². The van der Waals surface area contributed by atoms with E-state index >= 15 is 0 Å². The molecule has 8 nitrogen and oxygen atoms in total. The molecular formula is C15H18N4O4. The third-order valence-electron chi connectivity index (χ3n) is 4.17. The van der Waals surface area contributed by atoms with Gasteiger partial charge in [0.2, 0.25) is 0 Å². The fourth-order valence-electron chi connectivity index (χ4n) is 2.78. The monoisotopic (exact) mass is 318 g/mol. The molecule has 0 unspecified atom stereocenters. The predicted octanol–water partition coefficient (Wildman–Crippen LogP) is -0.507. The van der Waals surface area contributed by atoms with Crippen molar-refractivity contribution in [1.82, 2.24) is 19.0 Å². The van der Waals surface area contributed by atoms with E-state index in [1.807, 2.05) is 6.92 Å². The van der Waals surface area contributed by atoms with E-state index in [1.54, 1.807) is 11.9 Å². The summed E-state index contributed by atoms with van der Waals surface area (Å²) in [7, 11) is 2.95. The summed E-state index contributed by atoms with van der Waals surface area (Å²) in [5.74, 6) is -0.189. The predicted molar refractivity (Wildman–Crippen MR) is 83.5 cm³/mol. The molecule has 3 rings (SSSR count). The van der Waals surface area contributed by atoms with Crippen molar-refractivity contribution in [2.24, 2.45) is 14.1 Å². The van der Waals surface area contributed by atoms with Gasteiger partial charge in [0.05, 0.1) is 30.2 Å². The Morgan fingerprint density at radius 2 is 2.04 bits per heavy atom. The third kappa shape index (κ3) is 2.44. The lowest BCUT2D eigenvalue weighted by Crippen LogP contribution is -2.47. The topological polar surface area (TPSA) is 86.4 Å². The number of morpholine rings is 1. The number of pyridine rings is 1. The Labute approximate surface area is 131 Å². The first-order valence-electron chi connectivity index (χ1n) is 7.36. The van der Waals surface area contributed by atoms with Gasteiger partial charge in [-0.05, 0) is 13.0 Å². The molecule has 2 aromatic rings. The van der Waals surface area contributed by atoms with Gasteiger partial charge in [-0.1, -0.05) is 0 Å². The second-order valence-corrected chi connectivity index (χ2v) is 5.72. The highest BCUT2D eigenvalue weighted by Gasteiger charge is 2.25. The smallest absolute Gasteiger partial charge is 0.332 e. The van der Waals surface area contributed by atoms with Gasteiger partial charge < -0.3 is 9.64 Å². The summed E-state index contributed by atoms with van der Waals surface area (Å²) in [6.45, 7) is 3.40. The molecule has 1 atom stereocenters. The van der Waals surface area contributed by atoms with E-state index in [4.69, 9.17) is 4.74 Å². The highest BCUT2D eigenvalue weighted by molar-refractivity contribution is 5.97. The fourth-order valence-corrected chi connectivity index (χ4v) is 2.78. The van der Waals surface area contributed by atoms with E-state index in [0.717, 1.165) is 4.57 Å². The van der Waals surface area contributed by atoms with Crippen LogP contribution >= 0.6 is 0 Å². The lowest BCUT2D eigenvalue weighted by atomic mass is 10.1. The molecule has 0 spiro atoms. The van der Waals surface area contributed by atoms with Gasteiger partial charge in [0.1, 0.15) is 5.65 Å². The van der Waals surface area contributed by atoms with Gasteiger partial charge in [-0.3, -0.25) is 18.7 Å². The van der Waals surface area contributed by atoms with Crippen LogP contribution in [-0.4, -0.2) is 50.7 Å². The van der Waals surface area contributed by atoms with Crippen molar-refractivity contribution >= 4 is 16.9 Å². The SMILES string of the molecule is C[C@@H]1COCCN1C(=O)c1cnc2c(c1)c(=O)n(C)c(=O)n2C. The molecule has 1 aliphatic heterocycles. The van der Waals surface area contributed by atoms with Crippen molar-refractivity contribution in [3.63, 3.8) is 0 Å². The largest absolute Gasteiger partial charge is 0.377 e. The lowest BCUT2D eigenvalue weighted by molar-refractivity contribution is 0.00358. The Kier molecular flexibility index (Phi) is 3.77. The number of nitrogens with zero attached hydrogens (tertiary/aromatic N) is 4. The number of ether oxygens (including phenoxy) is 1. The fraction of sp³-hybridized carbons (Fsp3) is 0.467. The van der Waals surface area contributed by atoms with Crippen molar-refractivity contribution < 1.29 is 9.53 Å². The number of aromatic nitrogens is 3. The number of rotatable bonds is 1. The van der Waals surface area contributed by atoms with Crippen molar-refractivity contribution in [2.75, 3.05) is 19.8 Å². The van der Waals surface area contributed by atoms with Crippen LogP contribution in [0.4, 0.5) is 0 Å². The van der Waals surface area contributed by atoms with E-state index in [-0.39, 0.29) is 23.0 Å². The van der Waals surface area contributed by atoms with E-state index in [9.17, 15) is 14.4 Å². The van der Waals surface area contributed by atoms with Gasteiger partial charge in [-0.2, -0.15) is 0 Å². The minimum absolute atomic E-state index is 0.0325. The maximum absolute atomic E-state index is 12.7. The van der Waals surface area contributed by atoms with Crippen molar-refractivity contribution in [1.29, 1.82) is 0 Å². The van der Waals surface area contributed by atoms with Gasteiger partial charge in [0.25, 0.3) is 11.5 Å². The quantitative estimate of drug-likeness (QED) is 0.707. The highest BCUT2D eigenvalue weighted by atomic mass is 16.5. The highest BCUT2D eigenvalue weighted by Crippen LogP contribution is 2.14. The summed E-state index contributed by atoms with van der Waals surface area (Å²) in [6.07, 6.45) is 1.41. The summed E-state index contributed by atoms with van der Waals surface area (Å²) in [5.41, 5.74) is -0.303. The van der Waals surface area contributed by atoms with Crippen LogP contribution in [0, 0.1) is 0 Å². The van der Waals surface area contributed by atoms with Crippen LogP contribution in [0.2, 0.25) is 0 Å². The Morgan fingerprint density at radius 1 is 1.30 bits per heavy atom. The molecule has 122 valence electrons. The Morgan fingerprint density at radius 3 is 2.74 bits per heavy atom. The zero-order valence-electron chi connectivity index (χ0n) is 13.3. The first-order chi connectivity index (χ1) is 10.9. The molecule has 8 heteroatoms. The first kappa shape index (κ1) is 15.4. The number of carbonyl (C=O) groups excluding carboxylic acids is 1. The van der Waals surface area contributed by atoms with Crippen LogP contribution < -0.4 is 11.2 Å². The second-order valence-electron chi connectivity index (χ2n) is 5.72. The minimum atomic E-state index is -0.458. The van der Waals surface area contributed by atoms with Crippen LogP contribution in [0.25, 0.3) is 11.0 Å². The summed E-state index contributed by atoms with van der Waals surface area (Å²) in [4.78, 5) is 42.7. The third-order valence-corrected chi connectivity index (χ3v) is 4.17. The van der Waals surface area contributed by atoms with E-state index in [0.29, 0.717) is 25.3 Å². The average Bonchev–Trinajstić information content (AvgIpc) is 2.57. The van der Waals surface area contributed by atoms with Crippen LogP contribution in [0.5, 0.6) is 0 Å². The molecule has 1 amide bonds. The summed E-state index contributed by atoms with van der Waals surface area (Å²) in [6, 6.07) is 1.48. The average molecular weight is 318 g/mol. The molecule has 0 aliphatic carbocycles. The van der Waals surface area contributed by atoms with Crippen LogP contribution in [-0.2, 0) is 18.8 Å². The van der Waals surface area contributed by atoms with Crippen molar-refractivity contribution in [2.45, 2.75) is 13.0 Å².